The number of carbonyl (C=O) groups is 3. The molecule has 1 heterocycles. The minimum atomic E-state index is -4.12. The molecule has 35 heavy (non-hydrogen) atoms. The summed E-state index contributed by atoms with van der Waals surface area (Å²) in [7, 11) is -4.12. The fourth-order valence-corrected chi connectivity index (χ4v) is 3.99. The van der Waals surface area contributed by atoms with E-state index in [-0.39, 0.29) is 28.4 Å². The molecule has 0 fully saturated rings. The van der Waals surface area contributed by atoms with Crippen LogP contribution in [0.15, 0.2) is 47.5 Å². The number of hydrogen-bond donors (Lipinski definition) is 2. The van der Waals surface area contributed by atoms with Gasteiger partial charge in [0.2, 0.25) is 11.8 Å². The number of nitrogens with one attached hydrogen (secondary N) is 2. The molecule has 0 aliphatic heterocycles. The Morgan fingerprint density at radius 1 is 1.00 bits per heavy atom. The van der Waals surface area contributed by atoms with Crippen LogP contribution in [0.1, 0.15) is 62.4 Å². The summed E-state index contributed by atoms with van der Waals surface area (Å²) in [6, 6.07) is 8.58. The van der Waals surface area contributed by atoms with Crippen LogP contribution in [0.5, 0.6) is 5.88 Å². The quantitative estimate of drug-likeness (QED) is 0.418. The lowest BCUT2D eigenvalue weighted by atomic mass is 10.1. The lowest BCUT2D eigenvalue weighted by Gasteiger charge is -2.13. The van der Waals surface area contributed by atoms with E-state index >= 15 is 0 Å². The second-order valence-electron chi connectivity index (χ2n) is 7.72. The zero-order chi connectivity index (χ0) is 25.8. The van der Waals surface area contributed by atoms with E-state index in [0.717, 1.165) is 18.2 Å². The van der Waals surface area contributed by atoms with Crippen LogP contribution >= 0.6 is 0 Å². The molecule has 1 aromatic carbocycles. The van der Waals surface area contributed by atoms with Crippen molar-refractivity contribution in [3.8, 4) is 5.88 Å². The molecule has 0 atom stereocenters. The Morgan fingerprint density at radius 2 is 1.69 bits per heavy atom. The molecule has 0 aliphatic rings. The van der Waals surface area contributed by atoms with Crippen LogP contribution in [0, 0.1) is 0 Å². The van der Waals surface area contributed by atoms with Crippen molar-refractivity contribution in [3.05, 3.63) is 53.7 Å². The van der Waals surface area contributed by atoms with Crippen molar-refractivity contribution in [2.24, 2.45) is 0 Å². The second kappa shape index (κ2) is 13.4. The van der Waals surface area contributed by atoms with E-state index in [0.29, 0.717) is 32.2 Å². The molecule has 11 heteroatoms. The molecule has 1 aromatic heterocycles. The fraction of sp³-hybridized carbons (Fsp3) is 0.417. The summed E-state index contributed by atoms with van der Waals surface area (Å²) in [6.07, 6.45) is 3.00. The number of carbonyl (C=O) groups excluding carboxylic acids is 3. The van der Waals surface area contributed by atoms with E-state index < -0.39 is 22.1 Å². The number of rotatable bonds is 12. The molecule has 2 aromatic rings. The Kier molecular flexibility index (Phi) is 10.7. The number of ether oxygens (including phenoxy) is 2. The molecule has 2 N–H and O–H groups in total. The van der Waals surface area contributed by atoms with Gasteiger partial charge in [-0.2, -0.15) is 0 Å². The SMILES string of the molecule is CCCC(=O)NCCc1ccc(S(=O)(=O)NC(=O)c2ccc(OC(=O)OC(CC)CC)nc2)cc1. The molecular formula is C24H31N3O7S. The summed E-state index contributed by atoms with van der Waals surface area (Å²) in [4.78, 5) is 39.5. The number of pyridine rings is 1. The molecule has 0 spiro atoms. The van der Waals surface area contributed by atoms with Gasteiger partial charge in [-0.1, -0.05) is 32.9 Å². The molecule has 2 rings (SSSR count). The Balaban J connectivity index is 1.93. The third kappa shape index (κ3) is 9.01. The van der Waals surface area contributed by atoms with Gasteiger partial charge in [-0.05, 0) is 49.4 Å². The standard InChI is InChI=1S/C24H31N3O7S/c1-4-7-21(28)25-15-14-17-8-11-20(12-9-17)35(31,32)27-23(29)18-10-13-22(26-16-18)34-24(30)33-19(5-2)6-3/h8-13,16,19H,4-7,14-15H2,1-3H3,(H,25,28)(H,27,29). The normalized spacial score (nSPS) is 11.1. The number of benzene rings is 1. The Bertz CT molecular complexity index is 1100. The molecule has 2 amide bonds. The van der Waals surface area contributed by atoms with Gasteiger partial charge in [0.25, 0.3) is 15.9 Å². The molecule has 0 radical (unpaired) electrons. The Labute approximate surface area is 205 Å². The molecule has 190 valence electrons. The first kappa shape index (κ1) is 27.8. The minimum Gasteiger partial charge on any atom is -0.431 e. The highest BCUT2D eigenvalue weighted by Gasteiger charge is 2.20. The second-order valence-corrected chi connectivity index (χ2v) is 9.40. The lowest BCUT2D eigenvalue weighted by Crippen LogP contribution is -2.30. The van der Waals surface area contributed by atoms with E-state index in [9.17, 15) is 22.8 Å². The van der Waals surface area contributed by atoms with Crippen LogP contribution in [0.3, 0.4) is 0 Å². The lowest BCUT2D eigenvalue weighted by molar-refractivity contribution is -0.121. The number of amides is 2. The van der Waals surface area contributed by atoms with Gasteiger partial charge in [0.05, 0.1) is 10.5 Å². The van der Waals surface area contributed by atoms with Gasteiger partial charge in [0.15, 0.2) is 0 Å². The van der Waals surface area contributed by atoms with Crippen LogP contribution in [0.25, 0.3) is 0 Å². The van der Waals surface area contributed by atoms with Crippen molar-refractivity contribution in [2.75, 3.05) is 6.54 Å². The first-order valence-corrected chi connectivity index (χ1v) is 12.9. The molecule has 0 unspecified atom stereocenters. The van der Waals surface area contributed by atoms with Gasteiger partial charge in [0.1, 0.15) is 6.10 Å². The molecule has 0 saturated heterocycles. The molecule has 10 nitrogen and oxygen atoms in total. The van der Waals surface area contributed by atoms with Crippen molar-refractivity contribution in [2.45, 2.75) is 63.9 Å². The van der Waals surface area contributed by atoms with Crippen LogP contribution in [0.4, 0.5) is 4.79 Å². The summed E-state index contributed by atoms with van der Waals surface area (Å²) < 4.78 is 37.2. The van der Waals surface area contributed by atoms with E-state index in [1.165, 1.54) is 24.3 Å². The third-order valence-electron chi connectivity index (χ3n) is 5.03. The maximum Gasteiger partial charge on any atom is 0.515 e. The van der Waals surface area contributed by atoms with Crippen LogP contribution in [-0.4, -0.2) is 44.0 Å². The van der Waals surface area contributed by atoms with E-state index in [1.807, 2.05) is 25.5 Å². The van der Waals surface area contributed by atoms with Gasteiger partial charge < -0.3 is 14.8 Å². The average molecular weight is 506 g/mol. The van der Waals surface area contributed by atoms with Gasteiger partial charge in [-0.3, -0.25) is 9.59 Å². The van der Waals surface area contributed by atoms with E-state index in [4.69, 9.17) is 9.47 Å². The topological polar surface area (TPSA) is 141 Å². The monoisotopic (exact) mass is 505 g/mol. The van der Waals surface area contributed by atoms with E-state index in [1.54, 1.807) is 12.1 Å². The fourth-order valence-electron chi connectivity index (χ4n) is 3.01. The van der Waals surface area contributed by atoms with Crippen LogP contribution < -0.4 is 14.8 Å². The van der Waals surface area contributed by atoms with Crippen molar-refractivity contribution in [1.29, 1.82) is 0 Å². The summed E-state index contributed by atoms with van der Waals surface area (Å²) in [6.45, 7) is 6.13. The molecular weight excluding hydrogens is 474 g/mol. The van der Waals surface area contributed by atoms with Crippen molar-refractivity contribution in [3.63, 3.8) is 0 Å². The first-order chi connectivity index (χ1) is 16.7. The van der Waals surface area contributed by atoms with Gasteiger partial charge >= 0.3 is 6.16 Å². The number of sulfonamides is 1. The summed E-state index contributed by atoms with van der Waals surface area (Å²) in [5.74, 6) is -0.988. The van der Waals surface area contributed by atoms with Crippen LogP contribution in [0.2, 0.25) is 0 Å². The third-order valence-corrected chi connectivity index (χ3v) is 6.38. The van der Waals surface area contributed by atoms with Gasteiger partial charge in [-0.25, -0.2) is 22.9 Å². The predicted octanol–water partition coefficient (Wildman–Crippen LogP) is 3.36. The van der Waals surface area contributed by atoms with Gasteiger partial charge in [-0.15, -0.1) is 0 Å². The van der Waals surface area contributed by atoms with Crippen LogP contribution in [-0.2, 0) is 26.0 Å². The smallest absolute Gasteiger partial charge is 0.431 e. The van der Waals surface area contributed by atoms with Crippen molar-refractivity contribution >= 4 is 28.0 Å². The summed E-state index contributed by atoms with van der Waals surface area (Å²) in [5, 5.41) is 2.79. The largest absolute Gasteiger partial charge is 0.515 e. The maximum atomic E-state index is 12.6. The predicted molar refractivity (Wildman–Crippen MR) is 128 cm³/mol. The Morgan fingerprint density at radius 3 is 2.26 bits per heavy atom. The van der Waals surface area contributed by atoms with Gasteiger partial charge in [0, 0.05) is 25.2 Å². The van der Waals surface area contributed by atoms with E-state index in [2.05, 4.69) is 10.3 Å². The highest BCUT2D eigenvalue weighted by Crippen LogP contribution is 2.14. The summed E-state index contributed by atoms with van der Waals surface area (Å²) >= 11 is 0. The molecule has 0 saturated carbocycles. The minimum absolute atomic E-state index is 0.0231. The first-order valence-electron chi connectivity index (χ1n) is 11.5. The number of aromatic nitrogens is 1. The number of hydrogen-bond acceptors (Lipinski definition) is 8. The van der Waals surface area contributed by atoms with Crippen molar-refractivity contribution < 1.29 is 32.3 Å². The highest BCUT2D eigenvalue weighted by atomic mass is 32.2. The number of nitrogens with zero attached hydrogens (tertiary/aromatic N) is 1. The van der Waals surface area contributed by atoms with Crippen molar-refractivity contribution in [1.82, 2.24) is 15.0 Å². The average Bonchev–Trinajstić information content (AvgIpc) is 2.83. The zero-order valence-corrected chi connectivity index (χ0v) is 20.9. The molecule has 0 bridgehead atoms. The summed E-state index contributed by atoms with van der Waals surface area (Å²) in [5.41, 5.74) is 0.809. The Hall–Kier alpha value is -3.47. The maximum absolute atomic E-state index is 12.6. The molecule has 0 aliphatic carbocycles. The highest BCUT2D eigenvalue weighted by molar-refractivity contribution is 7.90. The zero-order valence-electron chi connectivity index (χ0n) is 20.1.